The van der Waals surface area contributed by atoms with Crippen molar-refractivity contribution in [1.82, 2.24) is 14.9 Å². The van der Waals surface area contributed by atoms with Crippen LogP contribution in [-0.2, 0) is 16.1 Å². The van der Waals surface area contributed by atoms with Crippen molar-refractivity contribution in [2.45, 2.75) is 13.0 Å². The van der Waals surface area contributed by atoms with Gasteiger partial charge in [-0.05, 0) is 5.56 Å². The van der Waals surface area contributed by atoms with E-state index in [4.69, 9.17) is 4.74 Å². The Hall–Kier alpha value is -2.47. The van der Waals surface area contributed by atoms with Gasteiger partial charge in [0, 0.05) is 50.4 Å². The molecule has 1 spiro atoms. The number of nitrogens with zero attached hydrogens (tertiary/aromatic N) is 4. The Balaban J connectivity index is 1.51. The Morgan fingerprint density at radius 3 is 2.84 bits per heavy atom. The normalized spacial score (nSPS) is 23.9. The number of aromatic nitrogens is 2. The summed E-state index contributed by atoms with van der Waals surface area (Å²) in [6.07, 6.45) is 5.68. The molecule has 2 fully saturated rings. The van der Waals surface area contributed by atoms with E-state index in [0.29, 0.717) is 26.2 Å². The van der Waals surface area contributed by atoms with Gasteiger partial charge in [-0.25, -0.2) is 4.98 Å². The number of carbonyl (C=O) groups excluding carboxylic acids is 1. The number of benzene rings is 1. The maximum Gasteiger partial charge on any atom is 0.223 e. The molecule has 2 aliphatic rings. The smallest absolute Gasteiger partial charge is 0.223 e. The summed E-state index contributed by atoms with van der Waals surface area (Å²) in [7, 11) is 0. The number of anilines is 1. The van der Waals surface area contributed by atoms with Crippen LogP contribution in [0.4, 0.5) is 5.82 Å². The van der Waals surface area contributed by atoms with E-state index < -0.39 is 0 Å². The molecule has 3 heterocycles. The fraction of sp³-hybridized carbons (Fsp3) is 0.421. The van der Waals surface area contributed by atoms with Crippen LogP contribution < -0.4 is 4.90 Å². The molecule has 0 unspecified atom stereocenters. The number of carbonyl (C=O) groups is 1. The van der Waals surface area contributed by atoms with Crippen LogP contribution in [0.1, 0.15) is 12.0 Å². The first kappa shape index (κ1) is 16.0. The molecule has 1 aromatic carbocycles. The van der Waals surface area contributed by atoms with Gasteiger partial charge in [0.2, 0.25) is 5.91 Å². The van der Waals surface area contributed by atoms with E-state index in [2.05, 4.69) is 27.0 Å². The lowest BCUT2D eigenvalue weighted by atomic mass is 9.87. The first-order valence-electron chi connectivity index (χ1n) is 8.65. The number of hydrogen-bond acceptors (Lipinski definition) is 5. The van der Waals surface area contributed by atoms with E-state index in [1.807, 2.05) is 23.1 Å². The summed E-state index contributed by atoms with van der Waals surface area (Å²) in [5, 5.41) is 0. The maximum absolute atomic E-state index is 12.6. The maximum atomic E-state index is 12.6. The van der Waals surface area contributed by atoms with Gasteiger partial charge in [-0.1, -0.05) is 30.3 Å². The average Bonchev–Trinajstić information content (AvgIpc) is 2.81. The molecule has 1 atom stereocenters. The average molecular weight is 338 g/mol. The fourth-order valence-corrected chi connectivity index (χ4v) is 3.78. The lowest BCUT2D eigenvalue weighted by Crippen LogP contribution is -2.41. The first-order chi connectivity index (χ1) is 12.2. The monoisotopic (exact) mass is 338 g/mol. The van der Waals surface area contributed by atoms with Crippen LogP contribution in [0.15, 0.2) is 48.9 Å². The molecule has 4 rings (SSSR count). The summed E-state index contributed by atoms with van der Waals surface area (Å²) < 4.78 is 5.86. The third kappa shape index (κ3) is 3.49. The van der Waals surface area contributed by atoms with Crippen LogP contribution in [0, 0.1) is 5.41 Å². The number of rotatable bonds is 3. The zero-order chi connectivity index (χ0) is 17.1. The van der Waals surface area contributed by atoms with Crippen molar-refractivity contribution in [2.24, 2.45) is 5.41 Å². The van der Waals surface area contributed by atoms with E-state index in [-0.39, 0.29) is 11.3 Å². The van der Waals surface area contributed by atoms with Crippen molar-refractivity contribution in [3.63, 3.8) is 0 Å². The highest BCUT2D eigenvalue weighted by molar-refractivity contribution is 5.79. The molecule has 2 aromatic rings. The number of hydrogen-bond donors (Lipinski definition) is 0. The van der Waals surface area contributed by atoms with Crippen LogP contribution in [0.2, 0.25) is 0 Å². The molecular formula is C19H22N4O2. The SMILES string of the molecule is O=C1C[C@]2(COCCN(c3cnccn3)C2)CN1Cc1ccccc1. The predicted octanol–water partition coefficient (Wildman–Crippen LogP) is 1.73. The number of ether oxygens (including phenoxy) is 1. The summed E-state index contributed by atoms with van der Waals surface area (Å²) >= 11 is 0. The van der Waals surface area contributed by atoms with Crippen molar-refractivity contribution < 1.29 is 9.53 Å². The summed E-state index contributed by atoms with van der Waals surface area (Å²) in [5.74, 6) is 1.05. The highest BCUT2D eigenvalue weighted by Crippen LogP contribution is 2.35. The Morgan fingerprint density at radius 2 is 2.04 bits per heavy atom. The molecule has 0 aliphatic carbocycles. The van der Waals surface area contributed by atoms with Gasteiger partial charge in [-0.3, -0.25) is 9.78 Å². The lowest BCUT2D eigenvalue weighted by molar-refractivity contribution is -0.128. The minimum Gasteiger partial charge on any atom is -0.379 e. The van der Waals surface area contributed by atoms with E-state index in [0.717, 1.165) is 31.0 Å². The Labute approximate surface area is 147 Å². The van der Waals surface area contributed by atoms with Gasteiger partial charge in [0.05, 0.1) is 19.4 Å². The van der Waals surface area contributed by atoms with Crippen molar-refractivity contribution in [3.05, 3.63) is 54.5 Å². The quantitative estimate of drug-likeness (QED) is 0.853. The van der Waals surface area contributed by atoms with Gasteiger partial charge < -0.3 is 14.5 Å². The van der Waals surface area contributed by atoms with Crippen molar-refractivity contribution in [3.8, 4) is 0 Å². The molecule has 1 amide bonds. The van der Waals surface area contributed by atoms with E-state index in [1.165, 1.54) is 0 Å². The van der Waals surface area contributed by atoms with Crippen LogP contribution in [0.25, 0.3) is 0 Å². The number of likely N-dealkylation sites (tertiary alicyclic amines) is 1. The Morgan fingerprint density at radius 1 is 1.16 bits per heavy atom. The van der Waals surface area contributed by atoms with Gasteiger partial charge >= 0.3 is 0 Å². The second-order valence-corrected chi connectivity index (χ2v) is 6.95. The fourth-order valence-electron chi connectivity index (χ4n) is 3.78. The Bertz CT molecular complexity index is 725. The van der Waals surface area contributed by atoms with E-state index in [1.54, 1.807) is 18.6 Å². The minimum atomic E-state index is -0.181. The summed E-state index contributed by atoms with van der Waals surface area (Å²) in [5.41, 5.74) is 0.980. The highest BCUT2D eigenvalue weighted by Gasteiger charge is 2.45. The molecule has 6 heteroatoms. The topological polar surface area (TPSA) is 58.6 Å². The second kappa shape index (κ2) is 6.80. The van der Waals surface area contributed by atoms with Crippen LogP contribution in [-0.4, -0.2) is 53.6 Å². The molecule has 1 aromatic heterocycles. The summed E-state index contributed by atoms with van der Waals surface area (Å²) in [6.45, 7) is 4.17. The third-order valence-electron chi connectivity index (χ3n) is 4.94. The van der Waals surface area contributed by atoms with Crippen LogP contribution in [0.5, 0.6) is 0 Å². The third-order valence-corrected chi connectivity index (χ3v) is 4.94. The molecule has 2 aliphatic heterocycles. The second-order valence-electron chi connectivity index (χ2n) is 6.95. The standard InChI is InChI=1S/C19H22N4O2/c24-18-10-19(14-23(18)12-16-4-2-1-3-5-16)13-22(8-9-25-15-19)17-11-20-6-7-21-17/h1-7,11H,8-10,12-15H2/t19-/m1/s1. The first-order valence-corrected chi connectivity index (χ1v) is 8.65. The highest BCUT2D eigenvalue weighted by atomic mass is 16.5. The molecule has 25 heavy (non-hydrogen) atoms. The Kier molecular flexibility index (Phi) is 4.36. The molecule has 0 N–H and O–H groups in total. The number of amides is 1. The van der Waals surface area contributed by atoms with Gasteiger partial charge in [-0.2, -0.15) is 0 Å². The summed E-state index contributed by atoms with van der Waals surface area (Å²) in [6, 6.07) is 10.1. The predicted molar refractivity (Wildman–Crippen MR) is 94.0 cm³/mol. The van der Waals surface area contributed by atoms with Crippen molar-refractivity contribution in [1.29, 1.82) is 0 Å². The van der Waals surface area contributed by atoms with Crippen LogP contribution >= 0.6 is 0 Å². The zero-order valence-corrected chi connectivity index (χ0v) is 14.2. The van der Waals surface area contributed by atoms with Crippen molar-refractivity contribution in [2.75, 3.05) is 37.7 Å². The van der Waals surface area contributed by atoms with Gasteiger partial charge in [0.25, 0.3) is 0 Å². The summed E-state index contributed by atoms with van der Waals surface area (Å²) in [4.78, 5) is 25.4. The lowest BCUT2D eigenvalue weighted by Gasteiger charge is -2.31. The minimum absolute atomic E-state index is 0.181. The molecule has 130 valence electrons. The largest absolute Gasteiger partial charge is 0.379 e. The molecule has 6 nitrogen and oxygen atoms in total. The van der Waals surface area contributed by atoms with E-state index >= 15 is 0 Å². The van der Waals surface area contributed by atoms with Crippen LogP contribution in [0.3, 0.4) is 0 Å². The van der Waals surface area contributed by atoms with E-state index in [9.17, 15) is 4.79 Å². The van der Waals surface area contributed by atoms with Gasteiger partial charge in [-0.15, -0.1) is 0 Å². The molecule has 0 radical (unpaired) electrons. The molecule has 0 bridgehead atoms. The molecule has 2 saturated heterocycles. The van der Waals surface area contributed by atoms with Gasteiger partial charge in [0.1, 0.15) is 5.82 Å². The van der Waals surface area contributed by atoms with Gasteiger partial charge in [0.15, 0.2) is 0 Å². The molecule has 0 saturated carbocycles. The zero-order valence-electron chi connectivity index (χ0n) is 14.2. The molecular weight excluding hydrogens is 316 g/mol. The van der Waals surface area contributed by atoms with Crippen molar-refractivity contribution >= 4 is 11.7 Å².